The Labute approximate surface area is 106 Å². The van der Waals surface area contributed by atoms with E-state index in [9.17, 15) is 9.18 Å². The van der Waals surface area contributed by atoms with Gasteiger partial charge in [0, 0.05) is 0 Å². The highest BCUT2D eigenvalue weighted by atomic mass is 19.1. The Hall–Kier alpha value is -1.62. The maximum Gasteiger partial charge on any atom is 0.330 e. The Balaban J connectivity index is 3.22. The van der Waals surface area contributed by atoms with Crippen molar-refractivity contribution in [3.05, 3.63) is 29.6 Å². The van der Waals surface area contributed by atoms with Crippen molar-refractivity contribution < 1.29 is 18.7 Å². The summed E-state index contributed by atoms with van der Waals surface area (Å²) in [7, 11) is 2.69. The van der Waals surface area contributed by atoms with Crippen molar-refractivity contribution in [1.82, 2.24) is 5.32 Å². The summed E-state index contributed by atoms with van der Waals surface area (Å²) in [4.78, 5) is 11.9. The van der Waals surface area contributed by atoms with E-state index in [0.29, 0.717) is 12.1 Å². The first-order valence-electron chi connectivity index (χ1n) is 5.67. The molecular formula is C13H18FNO3. The van der Waals surface area contributed by atoms with E-state index in [-0.39, 0.29) is 5.75 Å². The smallest absolute Gasteiger partial charge is 0.330 e. The van der Waals surface area contributed by atoms with Gasteiger partial charge in [0.2, 0.25) is 0 Å². The third-order valence-electron chi connectivity index (χ3n) is 2.85. The predicted molar refractivity (Wildman–Crippen MR) is 66.0 cm³/mol. The lowest BCUT2D eigenvalue weighted by molar-refractivity contribution is -0.148. The van der Waals surface area contributed by atoms with Crippen molar-refractivity contribution in [1.29, 1.82) is 0 Å². The monoisotopic (exact) mass is 255 g/mol. The second kappa shape index (κ2) is 5.82. The van der Waals surface area contributed by atoms with Crippen molar-refractivity contribution in [2.45, 2.75) is 19.4 Å². The average Bonchev–Trinajstić information content (AvgIpc) is 2.37. The second-order valence-corrected chi connectivity index (χ2v) is 4.00. The van der Waals surface area contributed by atoms with Crippen molar-refractivity contribution in [3.63, 3.8) is 0 Å². The van der Waals surface area contributed by atoms with E-state index in [1.54, 1.807) is 13.0 Å². The second-order valence-electron chi connectivity index (χ2n) is 4.00. The van der Waals surface area contributed by atoms with E-state index in [2.05, 4.69) is 5.32 Å². The lowest BCUT2D eigenvalue weighted by atomic mass is 9.91. The number of halogens is 1. The molecule has 0 saturated carbocycles. The number of hydrogen-bond donors (Lipinski definition) is 1. The molecule has 0 aliphatic carbocycles. The fourth-order valence-electron chi connectivity index (χ4n) is 1.83. The number of ether oxygens (including phenoxy) is 2. The van der Waals surface area contributed by atoms with Crippen LogP contribution in [0.15, 0.2) is 18.2 Å². The van der Waals surface area contributed by atoms with Crippen LogP contribution >= 0.6 is 0 Å². The van der Waals surface area contributed by atoms with E-state index in [0.717, 1.165) is 0 Å². The molecule has 4 nitrogen and oxygen atoms in total. The van der Waals surface area contributed by atoms with Crippen LogP contribution in [0.4, 0.5) is 4.39 Å². The SMILES string of the molecule is CCNC(C)(C(=O)OC)c1ccc(OC)c(F)c1. The molecule has 1 unspecified atom stereocenters. The third kappa shape index (κ3) is 2.61. The number of carbonyl (C=O) groups excluding carboxylic acids is 1. The summed E-state index contributed by atoms with van der Waals surface area (Å²) < 4.78 is 23.3. The van der Waals surface area contributed by atoms with Gasteiger partial charge in [0.1, 0.15) is 5.54 Å². The highest BCUT2D eigenvalue weighted by molar-refractivity contribution is 5.82. The Morgan fingerprint density at radius 1 is 1.44 bits per heavy atom. The first-order chi connectivity index (χ1) is 8.49. The Bertz CT molecular complexity index is 436. The number of esters is 1. The van der Waals surface area contributed by atoms with Crippen molar-refractivity contribution >= 4 is 5.97 Å². The zero-order chi connectivity index (χ0) is 13.8. The standard InChI is InChI=1S/C13H18FNO3/c1-5-15-13(2,12(16)18-4)9-6-7-11(17-3)10(14)8-9/h6-8,15H,5H2,1-4H3. The summed E-state index contributed by atoms with van der Waals surface area (Å²) in [5.74, 6) is -0.834. The Morgan fingerprint density at radius 3 is 2.56 bits per heavy atom. The minimum Gasteiger partial charge on any atom is -0.494 e. The zero-order valence-corrected chi connectivity index (χ0v) is 11.0. The number of methoxy groups -OCH3 is 2. The van der Waals surface area contributed by atoms with E-state index in [1.807, 2.05) is 6.92 Å². The molecule has 0 heterocycles. The van der Waals surface area contributed by atoms with E-state index in [1.165, 1.54) is 26.4 Å². The molecule has 0 bridgehead atoms. The van der Waals surface area contributed by atoms with Crippen LogP contribution in [0.25, 0.3) is 0 Å². The average molecular weight is 255 g/mol. The number of hydrogen-bond acceptors (Lipinski definition) is 4. The lowest BCUT2D eigenvalue weighted by Gasteiger charge is -2.28. The summed E-state index contributed by atoms with van der Waals surface area (Å²) >= 11 is 0. The summed E-state index contributed by atoms with van der Waals surface area (Å²) in [5, 5.41) is 3.01. The fourth-order valence-corrected chi connectivity index (χ4v) is 1.83. The molecule has 0 aliphatic rings. The molecule has 0 spiro atoms. The topological polar surface area (TPSA) is 47.6 Å². The van der Waals surface area contributed by atoms with E-state index >= 15 is 0 Å². The van der Waals surface area contributed by atoms with Gasteiger partial charge < -0.3 is 9.47 Å². The van der Waals surface area contributed by atoms with Gasteiger partial charge in [-0.2, -0.15) is 0 Å². The number of benzene rings is 1. The molecule has 0 fully saturated rings. The first-order valence-corrected chi connectivity index (χ1v) is 5.67. The molecule has 0 amide bonds. The number of rotatable bonds is 5. The number of carbonyl (C=O) groups is 1. The summed E-state index contributed by atoms with van der Waals surface area (Å²) in [6.45, 7) is 4.07. The minimum absolute atomic E-state index is 0.141. The summed E-state index contributed by atoms with van der Waals surface area (Å²) in [5.41, 5.74) is -0.578. The quantitative estimate of drug-likeness (QED) is 0.815. The van der Waals surface area contributed by atoms with Gasteiger partial charge in [-0.3, -0.25) is 5.32 Å². The summed E-state index contributed by atoms with van der Waals surface area (Å²) in [6, 6.07) is 4.41. The van der Waals surface area contributed by atoms with Crippen LogP contribution in [0.3, 0.4) is 0 Å². The van der Waals surface area contributed by atoms with Crippen LogP contribution < -0.4 is 10.1 Å². The molecule has 0 radical (unpaired) electrons. The zero-order valence-electron chi connectivity index (χ0n) is 11.0. The molecule has 1 aromatic carbocycles. The number of likely N-dealkylation sites (N-methyl/N-ethyl adjacent to an activating group) is 1. The van der Waals surface area contributed by atoms with Crippen LogP contribution in [0.2, 0.25) is 0 Å². The summed E-state index contributed by atoms with van der Waals surface area (Å²) in [6.07, 6.45) is 0. The van der Waals surface area contributed by atoms with E-state index < -0.39 is 17.3 Å². The third-order valence-corrected chi connectivity index (χ3v) is 2.85. The van der Waals surface area contributed by atoms with Gasteiger partial charge in [0.25, 0.3) is 0 Å². The highest BCUT2D eigenvalue weighted by Crippen LogP contribution is 2.27. The van der Waals surface area contributed by atoms with Crippen LogP contribution in [-0.4, -0.2) is 26.7 Å². The van der Waals surface area contributed by atoms with Crippen LogP contribution in [0.1, 0.15) is 19.4 Å². The molecule has 5 heteroatoms. The molecule has 18 heavy (non-hydrogen) atoms. The molecular weight excluding hydrogens is 237 g/mol. The number of nitrogens with one attached hydrogen (secondary N) is 1. The largest absolute Gasteiger partial charge is 0.494 e. The molecule has 1 N–H and O–H groups in total. The van der Waals surface area contributed by atoms with Crippen molar-refractivity contribution in [2.24, 2.45) is 0 Å². The van der Waals surface area contributed by atoms with Gasteiger partial charge in [-0.05, 0) is 31.2 Å². The Morgan fingerprint density at radius 2 is 2.11 bits per heavy atom. The van der Waals surface area contributed by atoms with Gasteiger partial charge >= 0.3 is 5.97 Å². The molecule has 0 saturated heterocycles. The molecule has 1 aromatic rings. The van der Waals surface area contributed by atoms with Crippen LogP contribution in [0, 0.1) is 5.82 Å². The normalized spacial score (nSPS) is 13.8. The van der Waals surface area contributed by atoms with Gasteiger partial charge in [-0.1, -0.05) is 13.0 Å². The molecule has 0 aliphatic heterocycles. The molecule has 1 rings (SSSR count). The highest BCUT2D eigenvalue weighted by Gasteiger charge is 2.36. The van der Waals surface area contributed by atoms with Crippen LogP contribution in [-0.2, 0) is 15.1 Å². The van der Waals surface area contributed by atoms with Crippen LogP contribution in [0.5, 0.6) is 5.75 Å². The van der Waals surface area contributed by atoms with Gasteiger partial charge in [0.05, 0.1) is 14.2 Å². The molecule has 0 aromatic heterocycles. The van der Waals surface area contributed by atoms with Crippen molar-refractivity contribution in [2.75, 3.05) is 20.8 Å². The van der Waals surface area contributed by atoms with Gasteiger partial charge in [0.15, 0.2) is 11.6 Å². The Kier molecular flexibility index (Phi) is 4.67. The molecule has 1 atom stereocenters. The van der Waals surface area contributed by atoms with Crippen molar-refractivity contribution in [3.8, 4) is 5.75 Å². The first kappa shape index (κ1) is 14.4. The maximum atomic E-state index is 13.7. The lowest BCUT2D eigenvalue weighted by Crippen LogP contribution is -2.47. The molecule has 100 valence electrons. The maximum absolute atomic E-state index is 13.7. The van der Waals surface area contributed by atoms with E-state index in [4.69, 9.17) is 9.47 Å². The van der Waals surface area contributed by atoms with Gasteiger partial charge in [-0.25, -0.2) is 9.18 Å². The fraction of sp³-hybridized carbons (Fsp3) is 0.462. The van der Waals surface area contributed by atoms with Gasteiger partial charge in [-0.15, -0.1) is 0 Å². The predicted octanol–water partition coefficient (Wildman–Crippen LogP) is 1.83. The minimum atomic E-state index is -1.07.